The van der Waals surface area contributed by atoms with Crippen molar-refractivity contribution in [3.63, 3.8) is 0 Å². The minimum absolute atomic E-state index is 0.298. The predicted octanol–water partition coefficient (Wildman–Crippen LogP) is 3.53. The molecule has 2 N–H and O–H groups in total. The van der Waals surface area contributed by atoms with Gasteiger partial charge in [-0.15, -0.1) is 11.3 Å². The molecule has 0 amide bonds. The van der Waals surface area contributed by atoms with E-state index in [1.807, 2.05) is 11.3 Å². The lowest BCUT2D eigenvalue weighted by molar-refractivity contribution is 0.121. The Morgan fingerprint density at radius 3 is 2.84 bits per heavy atom. The molecule has 1 saturated heterocycles. The minimum Gasteiger partial charge on any atom is -0.326 e. The third kappa shape index (κ3) is 2.00. The molecule has 2 atom stereocenters. The maximum absolute atomic E-state index is 6.48. The van der Waals surface area contributed by atoms with Crippen LogP contribution in [-0.4, -0.2) is 23.5 Å². The molecule has 1 aromatic carbocycles. The number of fused-ring (bicyclic) bond motifs is 1. The maximum atomic E-state index is 6.48. The van der Waals surface area contributed by atoms with E-state index in [2.05, 4.69) is 34.5 Å². The van der Waals surface area contributed by atoms with E-state index in [1.54, 1.807) is 0 Å². The lowest BCUT2D eigenvalue weighted by atomic mass is 9.90. The number of hydrogen-bond donors (Lipinski definition) is 1. The highest BCUT2D eigenvalue weighted by molar-refractivity contribution is 7.17. The normalized spacial score (nSPS) is 28.9. The molecule has 2 aromatic rings. The summed E-state index contributed by atoms with van der Waals surface area (Å²) in [7, 11) is 0. The van der Waals surface area contributed by atoms with Crippen LogP contribution in [0.3, 0.4) is 0 Å². The quantitative estimate of drug-likeness (QED) is 0.906. The van der Waals surface area contributed by atoms with Crippen LogP contribution in [0.4, 0.5) is 0 Å². The Morgan fingerprint density at radius 1 is 1.16 bits per heavy atom. The SMILES string of the molecule is NC1CCCN(C2CC2)C1c1csc2ccccc12. The highest BCUT2D eigenvalue weighted by Gasteiger charge is 2.39. The number of piperidine rings is 1. The van der Waals surface area contributed by atoms with E-state index in [9.17, 15) is 0 Å². The van der Waals surface area contributed by atoms with Crippen LogP contribution in [0.15, 0.2) is 29.6 Å². The van der Waals surface area contributed by atoms with Gasteiger partial charge in [-0.3, -0.25) is 4.90 Å². The highest BCUT2D eigenvalue weighted by Crippen LogP contribution is 2.42. The molecule has 3 heteroatoms. The zero-order valence-electron chi connectivity index (χ0n) is 11.1. The summed E-state index contributed by atoms with van der Waals surface area (Å²) < 4.78 is 1.39. The lowest BCUT2D eigenvalue weighted by Gasteiger charge is -2.40. The van der Waals surface area contributed by atoms with Gasteiger partial charge in [-0.25, -0.2) is 0 Å². The van der Waals surface area contributed by atoms with Crippen LogP contribution in [0.25, 0.3) is 10.1 Å². The van der Waals surface area contributed by atoms with Gasteiger partial charge in [-0.05, 0) is 54.6 Å². The molecule has 0 bridgehead atoms. The molecule has 0 spiro atoms. The minimum atomic E-state index is 0.298. The summed E-state index contributed by atoms with van der Waals surface area (Å²) in [5, 5.41) is 3.76. The predicted molar refractivity (Wildman–Crippen MR) is 81.5 cm³/mol. The molecule has 0 radical (unpaired) electrons. The Balaban J connectivity index is 1.79. The number of rotatable bonds is 2. The Bertz CT molecular complexity index is 587. The zero-order chi connectivity index (χ0) is 12.8. The van der Waals surface area contributed by atoms with E-state index >= 15 is 0 Å². The number of hydrogen-bond acceptors (Lipinski definition) is 3. The van der Waals surface area contributed by atoms with Crippen LogP contribution in [0.5, 0.6) is 0 Å². The van der Waals surface area contributed by atoms with Crippen molar-refractivity contribution in [2.24, 2.45) is 5.73 Å². The van der Waals surface area contributed by atoms with Crippen LogP contribution in [0.1, 0.15) is 37.3 Å². The second kappa shape index (κ2) is 4.58. The van der Waals surface area contributed by atoms with Gasteiger partial charge in [0, 0.05) is 16.8 Å². The first-order valence-electron chi connectivity index (χ1n) is 7.32. The summed E-state index contributed by atoms with van der Waals surface area (Å²) in [5.41, 5.74) is 7.95. The van der Waals surface area contributed by atoms with Gasteiger partial charge in [-0.2, -0.15) is 0 Å². The molecule has 1 aliphatic heterocycles. The van der Waals surface area contributed by atoms with Crippen LogP contribution in [0, 0.1) is 0 Å². The summed E-state index contributed by atoms with van der Waals surface area (Å²) in [6, 6.07) is 10.3. The van der Waals surface area contributed by atoms with Gasteiger partial charge in [0.15, 0.2) is 0 Å². The Morgan fingerprint density at radius 2 is 2.00 bits per heavy atom. The second-order valence-electron chi connectivity index (χ2n) is 5.91. The lowest BCUT2D eigenvalue weighted by Crippen LogP contribution is -2.46. The van der Waals surface area contributed by atoms with E-state index < -0.39 is 0 Å². The molecule has 19 heavy (non-hydrogen) atoms. The average Bonchev–Trinajstić information content (AvgIpc) is 3.19. The number of nitrogens with zero attached hydrogens (tertiary/aromatic N) is 1. The molecule has 2 fully saturated rings. The fourth-order valence-electron chi connectivity index (χ4n) is 3.51. The van der Waals surface area contributed by atoms with Gasteiger partial charge >= 0.3 is 0 Å². The molecule has 2 aliphatic rings. The van der Waals surface area contributed by atoms with Crippen LogP contribution in [-0.2, 0) is 0 Å². The van der Waals surface area contributed by atoms with Crippen molar-refractivity contribution < 1.29 is 0 Å². The molecule has 1 aromatic heterocycles. The molecule has 4 rings (SSSR count). The topological polar surface area (TPSA) is 29.3 Å². The number of benzene rings is 1. The first-order chi connectivity index (χ1) is 9.34. The van der Waals surface area contributed by atoms with Crippen molar-refractivity contribution in [1.82, 2.24) is 4.90 Å². The van der Waals surface area contributed by atoms with Crippen molar-refractivity contribution in [2.75, 3.05) is 6.54 Å². The number of nitrogens with two attached hydrogens (primary N) is 1. The molecule has 2 unspecified atom stereocenters. The third-order valence-corrected chi connectivity index (χ3v) is 5.54. The van der Waals surface area contributed by atoms with E-state index in [4.69, 9.17) is 5.73 Å². The monoisotopic (exact) mass is 272 g/mol. The first kappa shape index (κ1) is 11.9. The van der Waals surface area contributed by atoms with Crippen LogP contribution in [0.2, 0.25) is 0 Å². The molecule has 2 heterocycles. The van der Waals surface area contributed by atoms with Gasteiger partial charge in [-0.1, -0.05) is 18.2 Å². The summed E-state index contributed by atoms with van der Waals surface area (Å²) >= 11 is 1.86. The molecular formula is C16H20N2S. The van der Waals surface area contributed by atoms with Crippen LogP contribution < -0.4 is 5.73 Å². The first-order valence-corrected chi connectivity index (χ1v) is 8.20. The third-order valence-electron chi connectivity index (χ3n) is 4.56. The second-order valence-corrected chi connectivity index (χ2v) is 6.82. The van der Waals surface area contributed by atoms with Crippen LogP contribution >= 0.6 is 11.3 Å². The van der Waals surface area contributed by atoms with Crippen molar-refractivity contribution in [1.29, 1.82) is 0 Å². The number of likely N-dealkylation sites (tertiary alicyclic amines) is 1. The van der Waals surface area contributed by atoms with Gasteiger partial charge in [0.2, 0.25) is 0 Å². The fourth-order valence-corrected chi connectivity index (χ4v) is 4.50. The Kier molecular flexibility index (Phi) is 2.87. The van der Waals surface area contributed by atoms with Crippen molar-refractivity contribution in [3.8, 4) is 0 Å². The van der Waals surface area contributed by atoms with E-state index in [0.29, 0.717) is 12.1 Å². The highest BCUT2D eigenvalue weighted by atomic mass is 32.1. The molecule has 1 saturated carbocycles. The van der Waals surface area contributed by atoms with Gasteiger partial charge in [0.05, 0.1) is 6.04 Å². The Hall–Kier alpha value is -0.900. The van der Waals surface area contributed by atoms with E-state index in [-0.39, 0.29) is 0 Å². The van der Waals surface area contributed by atoms with E-state index in [1.165, 1.54) is 41.5 Å². The summed E-state index contributed by atoms with van der Waals surface area (Å²) in [6.07, 6.45) is 5.16. The largest absolute Gasteiger partial charge is 0.326 e. The summed E-state index contributed by atoms with van der Waals surface area (Å²) in [6.45, 7) is 1.23. The van der Waals surface area contributed by atoms with Crippen molar-refractivity contribution in [3.05, 3.63) is 35.2 Å². The van der Waals surface area contributed by atoms with Gasteiger partial charge in [0.25, 0.3) is 0 Å². The summed E-state index contributed by atoms with van der Waals surface area (Å²) in [4.78, 5) is 2.68. The fraction of sp³-hybridized carbons (Fsp3) is 0.500. The van der Waals surface area contributed by atoms with E-state index in [0.717, 1.165) is 12.5 Å². The summed E-state index contributed by atoms with van der Waals surface area (Å²) in [5.74, 6) is 0. The molecular weight excluding hydrogens is 252 g/mol. The molecule has 1 aliphatic carbocycles. The standard InChI is InChI=1S/C16H20N2S/c17-14-5-3-9-18(11-7-8-11)16(14)13-10-19-15-6-2-1-4-12(13)15/h1-2,4,6,10-11,14,16H,3,5,7-9,17H2. The van der Waals surface area contributed by atoms with Crippen molar-refractivity contribution >= 4 is 21.4 Å². The maximum Gasteiger partial charge on any atom is 0.0516 e. The van der Waals surface area contributed by atoms with Gasteiger partial charge in [0.1, 0.15) is 0 Å². The number of thiophene rings is 1. The van der Waals surface area contributed by atoms with Gasteiger partial charge < -0.3 is 5.73 Å². The molecule has 2 nitrogen and oxygen atoms in total. The zero-order valence-corrected chi connectivity index (χ0v) is 11.9. The molecule has 100 valence electrons. The average molecular weight is 272 g/mol. The Labute approximate surface area is 118 Å². The van der Waals surface area contributed by atoms with Crippen molar-refractivity contribution in [2.45, 2.75) is 43.8 Å². The smallest absolute Gasteiger partial charge is 0.0516 e.